The van der Waals surface area contributed by atoms with Crippen LogP contribution >= 0.6 is 11.3 Å². The Labute approximate surface area is 154 Å². The van der Waals surface area contributed by atoms with Crippen molar-refractivity contribution in [2.45, 2.75) is 32.2 Å². The van der Waals surface area contributed by atoms with Crippen molar-refractivity contribution < 1.29 is 4.79 Å². The zero-order valence-corrected chi connectivity index (χ0v) is 15.2. The van der Waals surface area contributed by atoms with E-state index in [1.807, 2.05) is 23.3 Å². The number of thiazole rings is 1. The molecule has 1 saturated heterocycles. The van der Waals surface area contributed by atoms with Crippen molar-refractivity contribution in [3.63, 3.8) is 0 Å². The Morgan fingerprint density at radius 1 is 1.35 bits per heavy atom. The summed E-state index contributed by atoms with van der Waals surface area (Å²) < 4.78 is 0. The third kappa shape index (κ3) is 3.43. The van der Waals surface area contributed by atoms with Gasteiger partial charge in [-0.2, -0.15) is 5.10 Å². The highest BCUT2D eigenvalue weighted by atomic mass is 32.1. The van der Waals surface area contributed by atoms with E-state index in [-0.39, 0.29) is 11.9 Å². The Balaban J connectivity index is 1.63. The molecule has 3 aromatic rings. The molecule has 3 aromatic heterocycles. The number of aromatic nitrogens is 5. The molecule has 0 spiro atoms. The van der Waals surface area contributed by atoms with E-state index < -0.39 is 0 Å². The fourth-order valence-electron chi connectivity index (χ4n) is 3.23. The molecule has 9 heteroatoms. The second-order valence-corrected chi connectivity index (χ2v) is 7.06. The molecule has 0 aliphatic carbocycles. The smallest absolute Gasteiger partial charge is 0.272 e. The van der Waals surface area contributed by atoms with Gasteiger partial charge in [0, 0.05) is 30.4 Å². The molecule has 8 nitrogen and oxygen atoms in total. The van der Waals surface area contributed by atoms with Gasteiger partial charge in [-0.15, -0.1) is 11.3 Å². The molecule has 1 aliphatic rings. The van der Waals surface area contributed by atoms with Crippen LogP contribution in [0.2, 0.25) is 0 Å². The summed E-state index contributed by atoms with van der Waals surface area (Å²) in [5, 5.41) is 12.6. The zero-order valence-electron chi connectivity index (χ0n) is 14.3. The van der Waals surface area contributed by atoms with Crippen LogP contribution in [0.3, 0.4) is 0 Å². The summed E-state index contributed by atoms with van der Waals surface area (Å²) in [7, 11) is 0. The fraction of sp³-hybridized carbons (Fsp3) is 0.353. The Kier molecular flexibility index (Phi) is 4.61. The van der Waals surface area contributed by atoms with Crippen LogP contribution in [-0.4, -0.2) is 42.5 Å². The minimum absolute atomic E-state index is 0.0436. The normalized spacial score (nSPS) is 17.3. The lowest BCUT2D eigenvalue weighted by molar-refractivity contribution is 0.0599. The predicted octanol–water partition coefficient (Wildman–Crippen LogP) is 3.08. The molecule has 0 saturated carbocycles. The highest BCUT2D eigenvalue weighted by Gasteiger charge is 2.30. The molecular formula is C17H19N7OS. The monoisotopic (exact) mass is 369 g/mol. The SMILES string of the molecule is Cc1nc(Nc2nccs2)cc([C@H]2CCCCN2C(=O)c2ccn[nH]2)n1. The van der Waals surface area contributed by atoms with Crippen LogP contribution in [-0.2, 0) is 0 Å². The first-order valence-electron chi connectivity index (χ1n) is 8.53. The average molecular weight is 369 g/mol. The molecule has 1 amide bonds. The van der Waals surface area contributed by atoms with Crippen molar-refractivity contribution in [3.8, 4) is 0 Å². The van der Waals surface area contributed by atoms with Crippen molar-refractivity contribution in [3.05, 3.63) is 47.1 Å². The van der Waals surface area contributed by atoms with Crippen molar-refractivity contribution >= 4 is 28.2 Å². The number of carbonyl (C=O) groups excluding carboxylic acids is 1. The fourth-order valence-corrected chi connectivity index (χ4v) is 3.77. The lowest BCUT2D eigenvalue weighted by Crippen LogP contribution is -2.39. The van der Waals surface area contributed by atoms with Gasteiger partial charge < -0.3 is 10.2 Å². The first kappa shape index (κ1) is 16.6. The maximum absolute atomic E-state index is 12.9. The van der Waals surface area contributed by atoms with Gasteiger partial charge in [0.15, 0.2) is 5.13 Å². The number of likely N-dealkylation sites (tertiary alicyclic amines) is 1. The van der Waals surface area contributed by atoms with E-state index in [2.05, 4.69) is 30.5 Å². The second kappa shape index (κ2) is 7.20. The van der Waals surface area contributed by atoms with Crippen LogP contribution < -0.4 is 5.32 Å². The minimum Gasteiger partial charge on any atom is -0.329 e. The molecule has 4 rings (SSSR count). The molecule has 0 radical (unpaired) electrons. The lowest BCUT2D eigenvalue weighted by Gasteiger charge is -2.35. The van der Waals surface area contributed by atoms with E-state index >= 15 is 0 Å². The number of hydrogen-bond acceptors (Lipinski definition) is 7. The number of piperidine rings is 1. The average Bonchev–Trinajstić information content (AvgIpc) is 3.34. The van der Waals surface area contributed by atoms with E-state index in [0.717, 1.165) is 30.1 Å². The van der Waals surface area contributed by atoms with Gasteiger partial charge in [-0.3, -0.25) is 9.89 Å². The number of amides is 1. The van der Waals surface area contributed by atoms with Crippen molar-refractivity contribution in [2.24, 2.45) is 0 Å². The van der Waals surface area contributed by atoms with Crippen LogP contribution in [0.4, 0.5) is 10.9 Å². The van der Waals surface area contributed by atoms with E-state index in [9.17, 15) is 4.79 Å². The van der Waals surface area contributed by atoms with Gasteiger partial charge in [0.2, 0.25) is 0 Å². The van der Waals surface area contributed by atoms with Gasteiger partial charge in [0.05, 0.1) is 11.7 Å². The Hall–Kier alpha value is -2.81. The van der Waals surface area contributed by atoms with Gasteiger partial charge >= 0.3 is 0 Å². The first-order valence-corrected chi connectivity index (χ1v) is 9.41. The van der Waals surface area contributed by atoms with E-state index in [0.29, 0.717) is 23.9 Å². The van der Waals surface area contributed by atoms with E-state index in [4.69, 9.17) is 0 Å². The van der Waals surface area contributed by atoms with Crippen molar-refractivity contribution in [1.82, 2.24) is 30.0 Å². The number of aromatic amines is 1. The molecular weight excluding hydrogens is 350 g/mol. The quantitative estimate of drug-likeness (QED) is 0.733. The number of aryl methyl sites for hydroxylation is 1. The van der Waals surface area contributed by atoms with Crippen molar-refractivity contribution in [2.75, 3.05) is 11.9 Å². The zero-order chi connectivity index (χ0) is 17.9. The standard InChI is InChI=1S/C17H19N7OS/c1-11-20-13(10-15(21-11)22-17-18-7-9-26-17)14-4-2-3-8-24(14)16(25)12-5-6-19-23-12/h5-7,9-10,14H,2-4,8H2,1H3,(H,19,23)(H,18,20,21,22)/t14-/m1/s1. The molecule has 0 aromatic carbocycles. The Morgan fingerprint density at radius 3 is 3.04 bits per heavy atom. The number of rotatable bonds is 4. The summed E-state index contributed by atoms with van der Waals surface area (Å²) in [6.45, 7) is 2.57. The first-order chi connectivity index (χ1) is 12.7. The molecule has 1 fully saturated rings. The maximum atomic E-state index is 12.9. The predicted molar refractivity (Wildman–Crippen MR) is 98.4 cm³/mol. The number of anilines is 2. The third-order valence-corrected chi connectivity index (χ3v) is 5.05. The number of hydrogen-bond donors (Lipinski definition) is 2. The number of nitrogens with one attached hydrogen (secondary N) is 2. The van der Waals surface area contributed by atoms with E-state index in [1.54, 1.807) is 18.5 Å². The molecule has 1 atom stereocenters. The molecule has 134 valence electrons. The molecule has 26 heavy (non-hydrogen) atoms. The topological polar surface area (TPSA) is 99.7 Å². The largest absolute Gasteiger partial charge is 0.329 e. The second-order valence-electron chi connectivity index (χ2n) is 6.17. The van der Waals surface area contributed by atoms with Crippen LogP contribution in [0.15, 0.2) is 29.9 Å². The molecule has 1 aliphatic heterocycles. The van der Waals surface area contributed by atoms with E-state index in [1.165, 1.54) is 11.3 Å². The van der Waals surface area contributed by atoms with Gasteiger partial charge in [-0.05, 0) is 32.3 Å². The third-order valence-electron chi connectivity index (χ3n) is 4.36. The molecule has 0 unspecified atom stereocenters. The number of carbonyl (C=O) groups is 1. The number of nitrogens with zero attached hydrogens (tertiary/aromatic N) is 5. The summed E-state index contributed by atoms with van der Waals surface area (Å²) in [6, 6.07) is 3.55. The molecule has 4 heterocycles. The van der Waals surface area contributed by atoms with Crippen LogP contribution in [0.1, 0.15) is 47.3 Å². The van der Waals surface area contributed by atoms with Crippen LogP contribution in [0.25, 0.3) is 0 Å². The number of H-pyrrole nitrogens is 1. The lowest BCUT2D eigenvalue weighted by atomic mass is 9.98. The van der Waals surface area contributed by atoms with Crippen LogP contribution in [0, 0.1) is 6.92 Å². The summed E-state index contributed by atoms with van der Waals surface area (Å²) in [6.07, 6.45) is 6.28. The highest BCUT2D eigenvalue weighted by molar-refractivity contribution is 7.13. The summed E-state index contributed by atoms with van der Waals surface area (Å²) >= 11 is 1.51. The van der Waals surface area contributed by atoms with Gasteiger partial charge in [-0.1, -0.05) is 0 Å². The molecule has 0 bridgehead atoms. The Morgan fingerprint density at radius 2 is 2.27 bits per heavy atom. The summed E-state index contributed by atoms with van der Waals surface area (Å²) in [5.74, 6) is 1.32. The molecule has 2 N–H and O–H groups in total. The maximum Gasteiger partial charge on any atom is 0.272 e. The van der Waals surface area contributed by atoms with Crippen LogP contribution in [0.5, 0.6) is 0 Å². The highest BCUT2D eigenvalue weighted by Crippen LogP contribution is 2.32. The van der Waals surface area contributed by atoms with Gasteiger partial charge in [-0.25, -0.2) is 15.0 Å². The van der Waals surface area contributed by atoms with Gasteiger partial charge in [0.25, 0.3) is 5.91 Å². The van der Waals surface area contributed by atoms with Gasteiger partial charge in [0.1, 0.15) is 17.3 Å². The summed E-state index contributed by atoms with van der Waals surface area (Å²) in [5.41, 5.74) is 1.35. The summed E-state index contributed by atoms with van der Waals surface area (Å²) in [4.78, 5) is 28.0. The minimum atomic E-state index is -0.0712. The Bertz CT molecular complexity index is 879. The van der Waals surface area contributed by atoms with Crippen molar-refractivity contribution in [1.29, 1.82) is 0 Å².